The van der Waals surface area contributed by atoms with E-state index in [0.29, 0.717) is 6.71 Å². The molecule has 72 valence electrons. The molecule has 0 saturated carbocycles. The van der Waals surface area contributed by atoms with Crippen LogP contribution in [0.1, 0.15) is 0 Å². The Morgan fingerprint density at radius 2 is 1.13 bits per heavy atom. The van der Waals surface area contributed by atoms with Gasteiger partial charge in [-0.2, -0.15) is 0 Å². The normalized spacial score (nSPS) is 9.60. The van der Waals surface area contributed by atoms with Crippen molar-refractivity contribution in [2.24, 2.45) is 0 Å². The standard InChI is InChI=1S/C14H13B/c1-2-15(13-9-5-3-6-10-13)14-11-7-4-8-12-14/h2-12H,1H2. The van der Waals surface area contributed by atoms with Crippen LogP contribution in [0.15, 0.2) is 73.2 Å². The summed E-state index contributed by atoms with van der Waals surface area (Å²) in [5.74, 6) is 1.99. The average molecular weight is 192 g/mol. The van der Waals surface area contributed by atoms with Crippen LogP contribution in [0, 0.1) is 0 Å². The van der Waals surface area contributed by atoms with Crippen molar-refractivity contribution in [2.75, 3.05) is 0 Å². The van der Waals surface area contributed by atoms with Crippen LogP contribution < -0.4 is 10.9 Å². The smallest absolute Gasteiger partial charge is 0.113 e. The predicted molar refractivity (Wildman–Crippen MR) is 68.1 cm³/mol. The molecule has 0 aliphatic carbocycles. The van der Waals surface area contributed by atoms with Crippen LogP contribution in [-0.2, 0) is 0 Å². The maximum absolute atomic E-state index is 3.91. The zero-order chi connectivity index (χ0) is 10.5. The molecule has 0 unspecified atom stereocenters. The van der Waals surface area contributed by atoms with E-state index in [2.05, 4.69) is 55.1 Å². The minimum atomic E-state index is 0.299. The van der Waals surface area contributed by atoms with Gasteiger partial charge in [0.2, 0.25) is 6.71 Å². The van der Waals surface area contributed by atoms with Crippen LogP contribution in [0.2, 0.25) is 0 Å². The Balaban J connectivity index is 2.38. The summed E-state index contributed by atoms with van der Waals surface area (Å²) in [6, 6.07) is 20.9. The molecule has 0 heterocycles. The quantitative estimate of drug-likeness (QED) is 0.652. The van der Waals surface area contributed by atoms with Crippen LogP contribution in [-0.4, -0.2) is 6.71 Å². The molecule has 2 aromatic rings. The number of benzene rings is 2. The monoisotopic (exact) mass is 192 g/mol. The zero-order valence-corrected chi connectivity index (χ0v) is 8.64. The SMILES string of the molecule is C=CB(c1ccccc1)c1ccccc1. The van der Waals surface area contributed by atoms with Crippen LogP contribution >= 0.6 is 0 Å². The molecule has 0 N–H and O–H groups in total. The van der Waals surface area contributed by atoms with E-state index in [-0.39, 0.29) is 0 Å². The van der Waals surface area contributed by atoms with Crippen molar-refractivity contribution in [3.63, 3.8) is 0 Å². The minimum Gasteiger partial charge on any atom is -0.113 e. The number of hydrogen-bond donors (Lipinski definition) is 0. The lowest BCUT2D eigenvalue weighted by Gasteiger charge is -2.09. The van der Waals surface area contributed by atoms with Crippen LogP contribution in [0.25, 0.3) is 0 Å². The summed E-state index contributed by atoms with van der Waals surface area (Å²) in [5.41, 5.74) is 2.58. The Bertz CT molecular complexity index is 380. The average Bonchev–Trinajstić information content (AvgIpc) is 2.33. The van der Waals surface area contributed by atoms with E-state index < -0.39 is 0 Å². The second-order valence-corrected chi connectivity index (χ2v) is 3.53. The molecule has 1 heteroatoms. The van der Waals surface area contributed by atoms with E-state index in [4.69, 9.17) is 0 Å². The van der Waals surface area contributed by atoms with Gasteiger partial charge < -0.3 is 0 Å². The van der Waals surface area contributed by atoms with Gasteiger partial charge in [0.05, 0.1) is 0 Å². The van der Waals surface area contributed by atoms with E-state index >= 15 is 0 Å². The molecule has 0 aliphatic heterocycles. The van der Waals surface area contributed by atoms with Crippen LogP contribution in [0.3, 0.4) is 0 Å². The summed E-state index contributed by atoms with van der Waals surface area (Å²) >= 11 is 0. The van der Waals surface area contributed by atoms with Gasteiger partial charge in [0.25, 0.3) is 0 Å². The molecule has 0 aliphatic rings. The van der Waals surface area contributed by atoms with Crippen molar-refractivity contribution in [1.29, 1.82) is 0 Å². The van der Waals surface area contributed by atoms with Gasteiger partial charge in [-0.05, 0) is 0 Å². The van der Waals surface area contributed by atoms with Crippen molar-refractivity contribution in [1.82, 2.24) is 0 Å². The Labute approximate surface area is 91.4 Å². The van der Waals surface area contributed by atoms with E-state index in [1.165, 1.54) is 10.9 Å². The first-order valence-corrected chi connectivity index (χ1v) is 5.14. The van der Waals surface area contributed by atoms with Gasteiger partial charge in [-0.1, -0.05) is 71.6 Å². The van der Waals surface area contributed by atoms with Gasteiger partial charge in [-0.3, -0.25) is 0 Å². The third kappa shape index (κ3) is 2.19. The lowest BCUT2D eigenvalue weighted by molar-refractivity contribution is 1.73. The highest BCUT2D eigenvalue weighted by molar-refractivity contribution is 6.89. The summed E-state index contributed by atoms with van der Waals surface area (Å²) in [6.07, 6.45) is 0. The summed E-state index contributed by atoms with van der Waals surface area (Å²) < 4.78 is 0. The Kier molecular flexibility index (Phi) is 3.03. The molecule has 0 saturated heterocycles. The third-order valence-electron chi connectivity index (χ3n) is 2.55. The van der Waals surface area contributed by atoms with Gasteiger partial charge in [0.1, 0.15) is 0 Å². The fraction of sp³-hybridized carbons (Fsp3) is 0. The van der Waals surface area contributed by atoms with E-state index in [1.54, 1.807) is 0 Å². The first-order chi connectivity index (χ1) is 7.42. The molecule has 15 heavy (non-hydrogen) atoms. The number of rotatable bonds is 3. The van der Waals surface area contributed by atoms with Crippen molar-refractivity contribution in [3.05, 3.63) is 73.2 Å². The van der Waals surface area contributed by atoms with Crippen LogP contribution in [0.4, 0.5) is 0 Å². The lowest BCUT2D eigenvalue weighted by Crippen LogP contribution is -2.40. The molecule has 0 radical (unpaired) electrons. The van der Waals surface area contributed by atoms with Gasteiger partial charge in [0.15, 0.2) is 0 Å². The van der Waals surface area contributed by atoms with Gasteiger partial charge in [-0.25, -0.2) is 0 Å². The largest absolute Gasteiger partial charge is 0.233 e. The molecule has 0 amide bonds. The van der Waals surface area contributed by atoms with Crippen molar-refractivity contribution >= 4 is 17.6 Å². The molecule has 0 atom stereocenters. The Hall–Kier alpha value is -1.76. The molecule has 0 aromatic heterocycles. The molecule has 0 spiro atoms. The fourth-order valence-corrected chi connectivity index (χ4v) is 1.79. The summed E-state index contributed by atoms with van der Waals surface area (Å²) in [5, 5.41) is 0. The molecule has 0 nitrogen and oxygen atoms in total. The molecule has 2 aromatic carbocycles. The highest BCUT2D eigenvalue weighted by atomic mass is 13.9. The Morgan fingerprint density at radius 3 is 1.47 bits per heavy atom. The summed E-state index contributed by atoms with van der Waals surface area (Å²) in [7, 11) is 0. The summed E-state index contributed by atoms with van der Waals surface area (Å²) in [4.78, 5) is 0. The highest BCUT2D eigenvalue weighted by Gasteiger charge is 2.13. The molecule has 2 rings (SSSR count). The van der Waals surface area contributed by atoms with Crippen LogP contribution in [0.5, 0.6) is 0 Å². The molecule has 0 bridgehead atoms. The molecular formula is C14H13B. The van der Waals surface area contributed by atoms with Gasteiger partial charge >= 0.3 is 0 Å². The first kappa shape index (κ1) is 9.79. The third-order valence-corrected chi connectivity index (χ3v) is 2.55. The maximum atomic E-state index is 3.91. The van der Waals surface area contributed by atoms with Crippen molar-refractivity contribution < 1.29 is 0 Å². The Morgan fingerprint density at radius 1 is 0.733 bits per heavy atom. The first-order valence-electron chi connectivity index (χ1n) is 5.14. The topological polar surface area (TPSA) is 0 Å². The zero-order valence-electron chi connectivity index (χ0n) is 8.64. The number of hydrogen-bond acceptors (Lipinski definition) is 0. The molecular weight excluding hydrogens is 179 g/mol. The second kappa shape index (κ2) is 4.65. The van der Waals surface area contributed by atoms with Crippen molar-refractivity contribution in [3.8, 4) is 0 Å². The van der Waals surface area contributed by atoms with E-state index in [0.717, 1.165) is 0 Å². The fourth-order valence-electron chi connectivity index (χ4n) is 1.79. The van der Waals surface area contributed by atoms with E-state index in [1.807, 2.05) is 18.1 Å². The van der Waals surface area contributed by atoms with E-state index in [9.17, 15) is 0 Å². The van der Waals surface area contributed by atoms with Gasteiger partial charge in [-0.15, -0.1) is 12.6 Å². The predicted octanol–water partition coefficient (Wildman–Crippen LogP) is 2.02. The maximum Gasteiger partial charge on any atom is 0.233 e. The summed E-state index contributed by atoms with van der Waals surface area (Å²) in [6.45, 7) is 4.21. The molecule has 0 fully saturated rings. The van der Waals surface area contributed by atoms with Gasteiger partial charge in [0, 0.05) is 0 Å². The minimum absolute atomic E-state index is 0.299. The second-order valence-electron chi connectivity index (χ2n) is 3.53. The van der Waals surface area contributed by atoms with Crippen molar-refractivity contribution in [2.45, 2.75) is 0 Å². The lowest BCUT2D eigenvalue weighted by atomic mass is 9.41. The highest BCUT2D eigenvalue weighted by Crippen LogP contribution is 1.93.